The van der Waals surface area contributed by atoms with Crippen LogP contribution < -0.4 is 5.73 Å². The average molecular weight is 285 g/mol. The number of hydrogen-bond donors (Lipinski definition) is 1. The SMILES string of the molecule is CC(C)N1CCN(C(=O)c2ccccc2C#CCN)CC1. The Hall–Kier alpha value is -1.83. The van der Waals surface area contributed by atoms with Gasteiger partial charge in [-0.15, -0.1) is 0 Å². The van der Waals surface area contributed by atoms with E-state index in [-0.39, 0.29) is 5.91 Å². The van der Waals surface area contributed by atoms with E-state index in [2.05, 4.69) is 30.6 Å². The van der Waals surface area contributed by atoms with Gasteiger partial charge in [0, 0.05) is 37.8 Å². The fourth-order valence-electron chi connectivity index (χ4n) is 2.54. The highest BCUT2D eigenvalue weighted by molar-refractivity contribution is 5.96. The summed E-state index contributed by atoms with van der Waals surface area (Å²) in [6.07, 6.45) is 0. The van der Waals surface area contributed by atoms with E-state index < -0.39 is 0 Å². The Morgan fingerprint density at radius 3 is 2.52 bits per heavy atom. The zero-order chi connectivity index (χ0) is 15.2. The van der Waals surface area contributed by atoms with Gasteiger partial charge < -0.3 is 10.6 Å². The number of nitrogens with zero attached hydrogens (tertiary/aromatic N) is 2. The van der Waals surface area contributed by atoms with Crippen molar-refractivity contribution in [2.45, 2.75) is 19.9 Å². The molecular formula is C17H23N3O. The molecule has 0 saturated carbocycles. The summed E-state index contributed by atoms with van der Waals surface area (Å²) in [6.45, 7) is 8.09. The molecule has 21 heavy (non-hydrogen) atoms. The second kappa shape index (κ2) is 7.26. The van der Waals surface area contributed by atoms with E-state index in [1.807, 2.05) is 29.2 Å². The van der Waals surface area contributed by atoms with E-state index in [9.17, 15) is 4.79 Å². The Morgan fingerprint density at radius 1 is 1.24 bits per heavy atom. The third kappa shape index (κ3) is 3.84. The minimum Gasteiger partial charge on any atom is -0.336 e. The van der Waals surface area contributed by atoms with Gasteiger partial charge in [-0.25, -0.2) is 0 Å². The third-order valence-corrected chi connectivity index (χ3v) is 3.81. The van der Waals surface area contributed by atoms with E-state index in [0.29, 0.717) is 18.2 Å². The number of carbonyl (C=O) groups is 1. The molecule has 0 radical (unpaired) electrons. The van der Waals surface area contributed by atoms with E-state index in [4.69, 9.17) is 5.73 Å². The molecule has 1 fully saturated rings. The first-order chi connectivity index (χ1) is 10.1. The number of carbonyl (C=O) groups excluding carboxylic acids is 1. The molecule has 0 unspecified atom stereocenters. The number of nitrogens with two attached hydrogens (primary N) is 1. The summed E-state index contributed by atoms with van der Waals surface area (Å²) in [6, 6.07) is 8.03. The monoisotopic (exact) mass is 285 g/mol. The standard InChI is InChI=1S/C17H23N3O/c1-14(2)19-10-12-20(13-11-19)17(21)16-8-4-3-6-15(16)7-5-9-18/h3-4,6,8,14H,9-13,18H2,1-2H3. The highest BCUT2D eigenvalue weighted by Crippen LogP contribution is 2.14. The smallest absolute Gasteiger partial charge is 0.255 e. The summed E-state index contributed by atoms with van der Waals surface area (Å²) in [5, 5.41) is 0. The molecule has 1 saturated heterocycles. The number of benzene rings is 1. The molecule has 1 aromatic carbocycles. The van der Waals surface area contributed by atoms with E-state index >= 15 is 0 Å². The zero-order valence-electron chi connectivity index (χ0n) is 12.8. The first-order valence-corrected chi connectivity index (χ1v) is 7.44. The predicted octanol–water partition coefficient (Wildman–Crippen LogP) is 1.16. The molecule has 0 spiro atoms. The molecule has 4 heteroatoms. The Morgan fingerprint density at radius 2 is 1.90 bits per heavy atom. The lowest BCUT2D eigenvalue weighted by atomic mass is 10.1. The molecule has 2 N–H and O–H groups in total. The van der Waals surface area contributed by atoms with Crippen molar-refractivity contribution in [1.82, 2.24) is 9.80 Å². The van der Waals surface area contributed by atoms with Gasteiger partial charge in [-0.3, -0.25) is 9.69 Å². The summed E-state index contributed by atoms with van der Waals surface area (Å²) in [5.74, 6) is 5.88. The Kier molecular flexibility index (Phi) is 5.38. The molecule has 1 amide bonds. The zero-order valence-corrected chi connectivity index (χ0v) is 12.8. The van der Waals surface area contributed by atoms with E-state index in [1.165, 1.54) is 0 Å². The van der Waals surface area contributed by atoms with Crippen LogP contribution in [0.5, 0.6) is 0 Å². The van der Waals surface area contributed by atoms with Crippen molar-refractivity contribution in [3.05, 3.63) is 35.4 Å². The van der Waals surface area contributed by atoms with Gasteiger partial charge in [-0.05, 0) is 26.0 Å². The number of amides is 1. The lowest BCUT2D eigenvalue weighted by Gasteiger charge is -2.37. The van der Waals surface area contributed by atoms with Crippen LogP contribution in [0.25, 0.3) is 0 Å². The van der Waals surface area contributed by atoms with Gasteiger partial charge in [-0.2, -0.15) is 0 Å². The second-order valence-electron chi connectivity index (χ2n) is 5.47. The van der Waals surface area contributed by atoms with Crippen LogP contribution in [-0.2, 0) is 0 Å². The van der Waals surface area contributed by atoms with Gasteiger partial charge in [0.05, 0.1) is 12.1 Å². The van der Waals surface area contributed by atoms with Gasteiger partial charge in [0.2, 0.25) is 0 Å². The van der Waals surface area contributed by atoms with Crippen molar-refractivity contribution >= 4 is 5.91 Å². The number of piperazine rings is 1. The molecule has 1 aliphatic heterocycles. The molecule has 1 aliphatic rings. The molecule has 4 nitrogen and oxygen atoms in total. The molecular weight excluding hydrogens is 262 g/mol. The van der Waals surface area contributed by atoms with Gasteiger partial charge in [0.15, 0.2) is 0 Å². The van der Waals surface area contributed by atoms with Crippen molar-refractivity contribution in [2.75, 3.05) is 32.7 Å². The van der Waals surface area contributed by atoms with Crippen LogP contribution in [0.3, 0.4) is 0 Å². The number of hydrogen-bond acceptors (Lipinski definition) is 3. The minimum absolute atomic E-state index is 0.0697. The minimum atomic E-state index is 0.0697. The van der Waals surface area contributed by atoms with Crippen LogP contribution >= 0.6 is 0 Å². The van der Waals surface area contributed by atoms with Crippen LogP contribution in [-0.4, -0.2) is 54.5 Å². The largest absolute Gasteiger partial charge is 0.336 e. The highest BCUT2D eigenvalue weighted by Gasteiger charge is 2.24. The maximum Gasteiger partial charge on any atom is 0.255 e. The van der Waals surface area contributed by atoms with Crippen molar-refractivity contribution in [3.63, 3.8) is 0 Å². The molecule has 1 heterocycles. The third-order valence-electron chi connectivity index (χ3n) is 3.81. The fraction of sp³-hybridized carbons (Fsp3) is 0.471. The van der Waals surface area contributed by atoms with Crippen LogP contribution in [0, 0.1) is 11.8 Å². The Bertz CT molecular complexity index is 549. The van der Waals surface area contributed by atoms with Crippen molar-refractivity contribution in [3.8, 4) is 11.8 Å². The summed E-state index contributed by atoms with van der Waals surface area (Å²) in [5.41, 5.74) is 6.85. The molecule has 0 aliphatic carbocycles. The first-order valence-electron chi connectivity index (χ1n) is 7.44. The molecule has 112 valence electrons. The van der Waals surface area contributed by atoms with Crippen molar-refractivity contribution in [2.24, 2.45) is 5.73 Å². The Labute approximate surface area is 126 Å². The van der Waals surface area contributed by atoms with E-state index in [1.54, 1.807) is 0 Å². The molecule has 1 aromatic rings. The van der Waals surface area contributed by atoms with Crippen molar-refractivity contribution < 1.29 is 4.79 Å². The number of rotatable bonds is 2. The van der Waals surface area contributed by atoms with Crippen LogP contribution in [0.15, 0.2) is 24.3 Å². The topological polar surface area (TPSA) is 49.6 Å². The second-order valence-corrected chi connectivity index (χ2v) is 5.47. The quantitative estimate of drug-likeness (QED) is 0.830. The molecule has 2 rings (SSSR count). The maximum atomic E-state index is 12.7. The van der Waals surface area contributed by atoms with Crippen LogP contribution in [0.4, 0.5) is 0 Å². The maximum absolute atomic E-state index is 12.7. The molecule has 0 atom stereocenters. The van der Waals surface area contributed by atoms with Crippen LogP contribution in [0.2, 0.25) is 0 Å². The van der Waals surface area contributed by atoms with Gasteiger partial charge >= 0.3 is 0 Å². The summed E-state index contributed by atoms with van der Waals surface area (Å²) < 4.78 is 0. The van der Waals surface area contributed by atoms with E-state index in [0.717, 1.165) is 31.7 Å². The van der Waals surface area contributed by atoms with Crippen LogP contribution in [0.1, 0.15) is 29.8 Å². The highest BCUT2D eigenvalue weighted by atomic mass is 16.2. The average Bonchev–Trinajstić information content (AvgIpc) is 2.52. The van der Waals surface area contributed by atoms with Crippen molar-refractivity contribution in [1.29, 1.82) is 0 Å². The predicted molar refractivity (Wildman–Crippen MR) is 85.0 cm³/mol. The normalized spacial score (nSPS) is 15.7. The lowest BCUT2D eigenvalue weighted by Crippen LogP contribution is -2.50. The summed E-state index contributed by atoms with van der Waals surface area (Å²) >= 11 is 0. The van der Waals surface area contributed by atoms with Gasteiger partial charge in [0.25, 0.3) is 5.91 Å². The molecule has 0 bridgehead atoms. The summed E-state index contributed by atoms with van der Waals surface area (Å²) in [7, 11) is 0. The Balaban J connectivity index is 2.11. The molecule has 0 aromatic heterocycles. The fourth-order valence-corrected chi connectivity index (χ4v) is 2.54. The lowest BCUT2D eigenvalue weighted by molar-refractivity contribution is 0.0595. The van der Waals surface area contributed by atoms with Gasteiger partial charge in [-0.1, -0.05) is 24.0 Å². The van der Waals surface area contributed by atoms with Gasteiger partial charge in [0.1, 0.15) is 0 Å². The summed E-state index contributed by atoms with van der Waals surface area (Å²) in [4.78, 5) is 17.0. The first kappa shape index (κ1) is 15.6.